The molecule has 0 radical (unpaired) electrons. The third-order valence-electron chi connectivity index (χ3n) is 3.72. The molecule has 1 amide bonds. The van der Waals surface area contributed by atoms with Crippen LogP contribution in [0.15, 0.2) is 0 Å². The highest BCUT2D eigenvalue weighted by Gasteiger charge is 2.19. The van der Waals surface area contributed by atoms with Crippen LogP contribution in [0, 0.1) is 0 Å². The molecule has 0 saturated carbocycles. The Morgan fingerprint density at radius 2 is 2.06 bits per heavy atom. The lowest BCUT2D eigenvalue weighted by Gasteiger charge is -2.22. The van der Waals surface area contributed by atoms with Gasteiger partial charge in [-0.3, -0.25) is 4.79 Å². The van der Waals surface area contributed by atoms with E-state index in [-0.39, 0.29) is 11.9 Å². The van der Waals surface area contributed by atoms with Crippen LogP contribution in [-0.2, 0) is 4.79 Å². The second kappa shape index (κ2) is 9.34. The largest absolute Gasteiger partial charge is 0.355 e. The van der Waals surface area contributed by atoms with Gasteiger partial charge in [0, 0.05) is 6.54 Å². The van der Waals surface area contributed by atoms with Gasteiger partial charge >= 0.3 is 0 Å². The van der Waals surface area contributed by atoms with Crippen LogP contribution in [0.1, 0.15) is 46.0 Å². The first-order valence-corrected chi connectivity index (χ1v) is 7.51. The Bertz CT molecular complexity index is 223. The zero-order valence-electron chi connectivity index (χ0n) is 12.0. The standard InChI is InChI=1S/C14H29N3O/c1-3-17(4-2)12-8-7-11-16-14(18)13-9-5-6-10-15-13/h13,15H,3-12H2,1-2H3,(H,16,18). The van der Waals surface area contributed by atoms with Crippen LogP contribution < -0.4 is 10.6 Å². The van der Waals surface area contributed by atoms with Gasteiger partial charge in [-0.15, -0.1) is 0 Å². The quantitative estimate of drug-likeness (QED) is 0.644. The number of carbonyl (C=O) groups is 1. The molecule has 0 bridgehead atoms. The molecule has 1 fully saturated rings. The van der Waals surface area contributed by atoms with Crippen molar-refractivity contribution in [3.8, 4) is 0 Å². The summed E-state index contributed by atoms with van der Waals surface area (Å²) < 4.78 is 0. The van der Waals surface area contributed by atoms with E-state index in [1.807, 2.05) is 0 Å². The minimum atomic E-state index is 0.0570. The van der Waals surface area contributed by atoms with Crippen molar-refractivity contribution in [2.24, 2.45) is 0 Å². The molecule has 4 nitrogen and oxygen atoms in total. The van der Waals surface area contributed by atoms with Gasteiger partial charge in [0.25, 0.3) is 0 Å². The fraction of sp³-hybridized carbons (Fsp3) is 0.929. The lowest BCUT2D eigenvalue weighted by Crippen LogP contribution is -2.46. The molecule has 0 aliphatic carbocycles. The number of nitrogens with one attached hydrogen (secondary N) is 2. The fourth-order valence-corrected chi connectivity index (χ4v) is 2.41. The average molecular weight is 255 g/mol. The van der Waals surface area contributed by atoms with Crippen LogP contribution in [0.4, 0.5) is 0 Å². The number of hydrogen-bond acceptors (Lipinski definition) is 3. The Morgan fingerprint density at radius 3 is 2.67 bits per heavy atom. The molecular weight excluding hydrogens is 226 g/mol. The molecule has 0 aromatic rings. The van der Waals surface area contributed by atoms with E-state index in [0.717, 1.165) is 45.6 Å². The van der Waals surface area contributed by atoms with E-state index in [9.17, 15) is 4.79 Å². The number of rotatable bonds is 8. The third kappa shape index (κ3) is 5.83. The Kier molecular flexibility index (Phi) is 8.01. The summed E-state index contributed by atoms with van der Waals surface area (Å²) in [5, 5.41) is 6.32. The number of amides is 1. The molecule has 0 spiro atoms. The van der Waals surface area contributed by atoms with Crippen LogP contribution >= 0.6 is 0 Å². The minimum absolute atomic E-state index is 0.0570. The van der Waals surface area contributed by atoms with E-state index in [0.29, 0.717) is 0 Å². The highest BCUT2D eigenvalue weighted by atomic mass is 16.2. The summed E-state index contributed by atoms with van der Waals surface area (Å²) in [6.45, 7) is 9.58. The van der Waals surface area contributed by atoms with Gasteiger partial charge in [-0.1, -0.05) is 20.3 Å². The van der Waals surface area contributed by atoms with Gasteiger partial charge in [0.05, 0.1) is 6.04 Å². The number of nitrogens with zero attached hydrogens (tertiary/aromatic N) is 1. The maximum Gasteiger partial charge on any atom is 0.237 e. The molecule has 4 heteroatoms. The SMILES string of the molecule is CCN(CC)CCCCNC(=O)C1CCCCN1. The molecule has 18 heavy (non-hydrogen) atoms. The monoisotopic (exact) mass is 255 g/mol. The lowest BCUT2D eigenvalue weighted by atomic mass is 10.0. The van der Waals surface area contributed by atoms with Gasteiger partial charge in [-0.05, 0) is 51.9 Å². The summed E-state index contributed by atoms with van der Waals surface area (Å²) in [6, 6.07) is 0.0570. The molecule has 1 aliphatic heterocycles. The Balaban J connectivity index is 2.01. The van der Waals surface area contributed by atoms with Gasteiger partial charge in [-0.25, -0.2) is 0 Å². The normalized spacial score (nSPS) is 20.1. The molecule has 1 unspecified atom stereocenters. The number of hydrogen-bond donors (Lipinski definition) is 2. The predicted molar refractivity (Wildman–Crippen MR) is 75.7 cm³/mol. The average Bonchev–Trinajstić information content (AvgIpc) is 2.43. The predicted octanol–water partition coefficient (Wildman–Crippen LogP) is 1.37. The van der Waals surface area contributed by atoms with E-state index in [2.05, 4.69) is 29.4 Å². The van der Waals surface area contributed by atoms with Gasteiger partial charge in [0.15, 0.2) is 0 Å². The number of unbranched alkanes of at least 4 members (excludes halogenated alkanes) is 1. The van der Waals surface area contributed by atoms with Crippen LogP contribution in [0.25, 0.3) is 0 Å². The smallest absolute Gasteiger partial charge is 0.237 e. The summed E-state index contributed by atoms with van der Waals surface area (Å²) in [5.74, 6) is 0.192. The second-order valence-corrected chi connectivity index (χ2v) is 5.03. The van der Waals surface area contributed by atoms with Gasteiger partial charge < -0.3 is 15.5 Å². The first-order valence-electron chi connectivity index (χ1n) is 7.51. The van der Waals surface area contributed by atoms with Crippen molar-refractivity contribution in [1.29, 1.82) is 0 Å². The van der Waals surface area contributed by atoms with Crippen molar-refractivity contribution < 1.29 is 4.79 Å². The van der Waals surface area contributed by atoms with E-state index >= 15 is 0 Å². The molecule has 2 N–H and O–H groups in total. The minimum Gasteiger partial charge on any atom is -0.355 e. The summed E-state index contributed by atoms with van der Waals surface area (Å²) in [6.07, 6.45) is 5.61. The lowest BCUT2D eigenvalue weighted by molar-refractivity contribution is -0.123. The van der Waals surface area contributed by atoms with Crippen molar-refractivity contribution in [2.45, 2.75) is 52.0 Å². The molecule has 1 saturated heterocycles. The maximum absolute atomic E-state index is 11.8. The van der Waals surface area contributed by atoms with Crippen LogP contribution in [0.3, 0.4) is 0 Å². The first-order chi connectivity index (χ1) is 8.77. The highest BCUT2D eigenvalue weighted by molar-refractivity contribution is 5.81. The topological polar surface area (TPSA) is 44.4 Å². The Labute approximate surface area is 111 Å². The summed E-state index contributed by atoms with van der Waals surface area (Å²) in [5.41, 5.74) is 0. The Hall–Kier alpha value is -0.610. The summed E-state index contributed by atoms with van der Waals surface area (Å²) in [4.78, 5) is 14.2. The number of carbonyl (C=O) groups excluding carboxylic acids is 1. The molecule has 0 aromatic heterocycles. The first kappa shape index (κ1) is 15.4. The Morgan fingerprint density at radius 1 is 1.28 bits per heavy atom. The molecule has 0 aromatic carbocycles. The highest BCUT2D eigenvalue weighted by Crippen LogP contribution is 2.06. The fourth-order valence-electron chi connectivity index (χ4n) is 2.41. The summed E-state index contributed by atoms with van der Waals surface area (Å²) >= 11 is 0. The maximum atomic E-state index is 11.8. The van der Waals surface area contributed by atoms with Gasteiger partial charge in [-0.2, -0.15) is 0 Å². The second-order valence-electron chi connectivity index (χ2n) is 5.03. The molecule has 106 valence electrons. The van der Waals surface area contributed by atoms with Crippen LogP contribution in [0.5, 0.6) is 0 Å². The zero-order valence-corrected chi connectivity index (χ0v) is 12.0. The molecule has 1 rings (SSSR count). The number of piperidine rings is 1. The molecule has 1 aliphatic rings. The van der Waals surface area contributed by atoms with E-state index in [1.54, 1.807) is 0 Å². The van der Waals surface area contributed by atoms with Crippen LogP contribution in [0.2, 0.25) is 0 Å². The van der Waals surface area contributed by atoms with E-state index in [4.69, 9.17) is 0 Å². The van der Waals surface area contributed by atoms with Gasteiger partial charge in [0.2, 0.25) is 5.91 Å². The van der Waals surface area contributed by atoms with Crippen molar-refractivity contribution in [1.82, 2.24) is 15.5 Å². The molecule has 1 heterocycles. The third-order valence-corrected chi connectivity index (χ3v) is 3.72. The molecule has 1 atom stereocenters. The van der Waals surface area contributed by atoms with E-state index in [1.165, 1.54) is 19.3 Å². The molecular formula is C14H29N3O. The van der Waals surface area contributed by atoms with Crippen molar-refractivity contribution in [3.05, 3.63) is 0 Å². The van der Waals surface area contributed by atoms with Crippen LogP contribution in [-0.4, -0.2) is 49.6 Å². The summed E-state index contributed by atoms with van der Waals surface area (Å²) in [7, 11) is 0. The van der Waals surface area contributed by atoms with Crippen molar-refractivity contribution in [3.63, 3.8) is 0 Å². The van der Waals surface area contributed by atoms with E-state index < -0.39 is 0 Å². The van der Waals surface area contributed by atoms with Crippen molar-refractivity contribution >= 4 is 5.91 Å². The van der Waals surface area contributed by atoms with Gasteiger partial charge in [0.1, 0.15) is 0 Å². The zero-order chi connectivity index (χ0) is 13.2. The van der Waals surface area contributed by atoms with Crippen molar-refractivity contribution in [2.75, 3.05) is 32.7 Å².